The Hall–Kier alpha value is -2.65. The van der Waals surface area contributed by atoms with Gasteiger partial charge >= 0.3 is 5.97 Å². The Morgan fingerprint density at radius 1 is 1.20 bits per heavy atom. The number of hydrogen-bond acceptors (Lipinski definition) is 7. The first-order valence-electron chi connectivity index (χ1n) is 10.5. The molecule has 0 fully saturated rings. The summed E-state index contributed by atoms with van der Waals surface area (Å²) >= 11 is 20.0. The molecule has 0 bridgehead atoms. The number of nitrogens with zero attached hydrogens (tertiary/aromatic N) is 2. The fourth-order valence-electron chi connectivity index (χ4n) is 3.67. The molecule has 1 amide bonds. The van der Waals surface area contributed by atoms with Crippen molar-refractivity contribution in [3.05, 3.63) is 79.9 Å². The lowest BCUT2D eigenvalue weighted by Gasteiger charge is -2.34. The molecule has 0 spiro atoms. The second-order valence-corrected chi connectivity index (χ2v) is 9.54. The molecule has 35 heavy (non-hydrogen) atoms. The number of fused-ring (bicyclic) bond motifs is 1. The van der Waals surface area contributed by atoms with Crippen molar-refractivity contribution in [1.29, 1.82) is 0 Å². The Balaban J connectivity index is 1.64. The Bertz CT molecular complexity index is 1280. The number of amides is 1. The van der Waals surface area contributed by atoms with Crippen molar-refractivity contribution in [1.82, 2.24) is 4.90 Å². The largest absolute Gasteiger partial charge is 0.483 e. The van der Waals surface area contributed by atoms with Crippen molar-refractivity contribution in [3.8, 4) is 5.75 Å². The van der Waals surface area contributed by atoms with Gasteiger partial charge in [0.15, 0.2) is 11.8 Å². The average Bonchev–Trinajstić information content (AvgIpc) is 3.28. The number of rotatable bonds is 7. The van der Waals surface area contributed by atoms with Crippen LogP contribution < -0.4 is 10.1 Å². The van der Waals surface area contributed by atoms with Crippen LogP contribution in [0.15, 0.2) is 64.3 Å². The number of anilines is 1. The predicted molar refractivity (Wildman–Crippen MR) is 140 cm³/mol. The molecule has 182 valence electrons. The summed E-state index contributed by atoms with van der Waals surface area (Å²) in [5, 5.41) is 6.28. The van der Waals surface area contributed by atoms with Gasteiger partial charge in [-0.3, -0.25) is 4.79 Å². The monoisotopic (exact) mass is 551 g/mol. The van der Waals surface area contributed by atoms with E-state index in [1.54, 1.807) is 50.2 Å². The van der Waals surface area contributed by atoms with Crippen LogP contribution in [0.1, 0.15) is 25.5 Å². The number of amidine groups is 1. The number of aliphatic imine (C=N–C) groups is 1. The molecule has 1 atom stereocenters. The Labute approximate surface area is 221 Å². The van der Waals surface area contributed by atoms with Crippen LogP contribution in [0, 0.1) is 0 Å². The molecule has 0 aromatic heterocycles. The molecule has 4 rings (SSSR count). The first kappa shape index (κ1) is 25.4. The van der Waals surface area contributed by atoms with Crippen molar-refractivity contribution in [2.24, 2.45) is 4.99 Å². The number of ether oxygens (including phenoxy) is 2. The summed E-state index contributed by atoms with van der Waals surface area (Å²) in [5.41, 5.74) is 1.87. The normalized spacial score (nSPS) is 16.7. The van der Waals surface area contributed by atoms with E-state index < -0.39 is 17.9 Å². The summed E-state index contributed by atoms with van der Waals surface area (Å²) < 4.78 is 11.2. The second-order valence-electron chi connectivity index (χ2n) is 7.45. The van der Waals surface area contributed by atoms with E-state index in [1.807, 2.05) is 16.5 Å². The number of thioether (sulfide) groups is 1. The van der Waals surface area contributed by atoms with Gasteiger partial charge in [0.2, 0.25) is 0 Å². The maximum Gasteiger partial charge on any atom is 0.338 e. The van der Waals surface area contributed by atoms with E-state index in [9.17, 15) is 9.59 Å². The molecule has 0 radical (unpaired) electrons. The van der Waals surface area contributed by atoms with Gasteiger partial charge in [0, 0.05) is 16.8 Å². The summed E-state index contributed by atoms with van der Waals surface area (Å²) in [7, 11) is 0. The number of benzene rings is 2. The van der Waals surface area contributed by atoms with Crippen LogP contribution in [0.3, 0.4) is 0 Å². The van der Waals surface area contributed by atoms with Gasteiger partial charge in [-0.1, -0.05) is 52.6 Å². The fraction of sp³-hybridized carbons (Fsp3) is 0.208. The molecule has 2 aromatic rings. The Morgan fingerprint density at radius 3 is 2.77 bits per heavy atom. The third kappa shape index (κ3) is 5.46. The van der Waals surface area contributed by atoms with Crippen LogP contribution in [0.5, 0.6) is 5.75 Å². The standard InChI is InChI=1S/C24H20Cl3N3O4S/c1-3-33-23(32)20-13(2)28-24-30(9-10-35-24)22(20)15-11-14(25)7-8-18(15)34-12-19(31)29-17-6-4-5-16(26)21(17)27/h4-11,22H,3,12H2,1-2H3,(H,29,31)/t22-/m0/s1. The van der Waals surface area contributed by atoms with Gasteiger partial charge in [0.05, 0.1) is 39.7 Å². The first-order valence-corrected chi connectivity index (χ1v) is 12.6. The lowest BCUT2D eigenvalue weighted by atomic mass is 9.94. The molecule has 1 N–H and O–H groups in total. The zero-order valence-corrected chi connectivity index (χ0v) is 21.8. The van der Waals surface area contributed by atoms with E-state index in [0.717, 1.165) is 0 Å². The number of carbonyl (C=O) groups excluding carboxylic acids is 2. The lowest BCUT2D eigenvalue weighted by Crippen LogP contribution is -2.34. The third-order valence-electron chi connectivity index (χ3n) is 5.17. The minimum absolute atomic E-state index is 0.217. The smallest absolute Gasteiger partial charge is 0.338 e. The van der Waals surface area contributed by atoms with Crippen molar-refractivity contribution in [2.75, 3.05) is 18.5 Å². The maximum absolute atomic E-state index is 12.9. The van der Waals surface area contributed by atoms with Crippen molar-refractivity contribution >= 4 is 69.3 Å². The minimum Gasteiger partial charge on any atom is -0.483 e. The molecule has 2 heterocycles. The predicted octanol–water partition coefficient (Wildman–Crippen LogP) is 6.43. The zero-order chi connectivity index (χ0) is 25.1. The highest BCUT2D eigenvalue weighted by molar-refractivity contribution is 8.16. The highest BCUT2D eigenvalue weighted by atomic mass is 35.5. The van der Waals surface area contributed by atoms with Gasteiger partial charge in [-0.15, -0.1) is 0 Å². The van der Waals surface area contributed by atoms with Crippen LogP contribution >= 0.6 is 46.6 Å². The van der Waals surface area contributed by atoms with E-state index in [1.165, 1.54) is 11.8 Å². The summed E-state index contributed by atoms with van der Waals surface area (Å²) in [6.45, 7) is 3.40. The molecule has 0 aliphatic carbocycles. The van der Waals surface area contributed by atoms with E-state index in [-0.39, 0.29) is 18.2 Å². The topological polar surface area (TPSA) is 80.2 Å². The second kappa shape index (κ2) is 11.0. The van der Waals surface area contributed by atoms with Crippen molar-refractivity contribution in [3.63, 3.8) is 0 Å². The maximum atomic E-state index is 12.9. The van der Waals surface area contributed by atoms with Gasteiger partial charge in [-0.25, -0.2) is 9.79 Å². The summed E-state index contributed by atoms with van der Waals surface area (Å²) in [5.74, 6) is -0.537. The summed E-state index contributed by atoms with van der Waals surface area (Å²) in [4.78, 5) is 32.0. The molecule has 0 unspecified atom stereocenters. The van der Waals surface area contributed by atoms with Crippen molar-refractivity contribution < 1.29 is 19.1 Å². The van der Waals surface area contributed by atoms with Crippen LogP contribution in [0.2, 0.25) is 15.1 Å². The van der Waals surface area contributed by atoms with Gasteiger partial charge in [-0.05, 0) is 49.6 Å². The minimum atomic E-state index is -0.605. The number of esters is 1. The van der Waals surface area contributed by atoms with Gasteiger partial charge in [0.25, 0.3) is 5.91 Å². The number of allylic oxidation sites excluding steroid dienone is 1. The molecule has 0 saturated carbocycles. The summed E-state index contributed by atoms with van der Waals surface area (Å²) in [6, 6.07) is 9.36. The van der Waals surface area contributed by atoms with E-state index in [2.05, 4.69) is 10.3 Å². The molecule has 2 aromatic carbocycles. The average molecular weight is 553 g/mol. The molecule has 2 aliphatic rings. The van der Waals surface area contributed by atoms with Gasteiger partial charge in [0.1, 0.15) is 5.75 Å². The SMILES string of the molecule is CCOC(=O)C1=C(C)N=C2SC=CN2[C@H]1c1cc(Cl)ccc1OCC(=O)Nc1cccc(Cl)c1Cl. The molecular weight excluding hydrogens is 533 g/mol. The lowest BCUT2D eigenvalue weighted by molar-refractivity contribution is -0.139. The fourth-order valence-corrected chi connectivity index (χ4v) is 4.99. The zero-order valence-electron chi connectivity index (χ0n) is 18.7. The van der Waals surface area contributed by atoms with Crippen LogP contribution in [0.25, 0.3) is 0 Å². The number of carbonyl (C=O) groups is 2. The quantitative estimate of drug-likeness (QED) is 0.399. The van der Waals surface area contributed by atoms with Gasteiger partial charge < -0.3 is 19.7 Å². The Kier molecular flexibility index (Phi) is 7.96. The molecule has 11 heteroatoms. The Morgan fingerprint density at radius 2 is 2.00 bits per heavy atom. The molecule has 2 aliphatic heterocycles. The third-order valence-corrected chi connectivity index (χ3v) is 6.99. The van der Waals surface area contributed by atoms with E-state index in [4.69, 9.17) is 44.3 Å². The number of halogens is 3. The van der Waals surface area contributed by atoms with Crippen LogP contribution in [0.4, 0.5) is 5.69 Å². The first-order chi connectivity index (χ1) is 16.8. The highest BCUT2D eigenvalue weighted by Gasteiger charge is 2.39. The molecule has 7 nitrogen and oxygen atoms in total. The van der Waals surface area contributed by atoms with Gasteiger partial charge in [-0.2, -0.15) is 0 Å². The number of hydrogen-bond donors (Lipinski definition) is 1. The highest BCUT2D eigenvalue weighted by Crippen LogP contribution is 2.44. The number of nitrogens with one attached hydrogen (secondary N) is 1. The molecule has 0 saturated heterocycles. The van der Waals surface area contributed by atoms with Crippen LogP contribution in [-0.4, -0.2) is 35.2 Å². The summed E-state index contributed by atoms with van der Waals surface area (Å²) in [6.07, 6.45) is 1.83. The van der Waals surface area contributed by atoms with E-state index in [0.29, 0.717) is 43.5 Å². The molecular formula is C24H20Cl3N3O4S. The van der Waals surface area contributed by atoms with E-state index >= 15 is 0 Å². The van der Waals surface area contributed by atoms with Crippen molar-refractivity contribution in [2.45, 2.75) is 19.9 Å². The van der Waals surface area contributed by atoms with Crippen LogP contribution in [-0.2, 0) is 14.3 Å².